The molecule has 4 nitrogen and oxygen atoms in total. The van der Waals surface area contributed by atoms with E-state index in [1.54, 1.807) is 25.3 Å². The minimum absolute atomic E-state index is 0.132. The summed E-state index contributed by atoms with van der Waals surface area (Å²) in [6, 6.07) is 5.23. The van der Waals surface area contributed by atoms with Crippen LogP contribution in [0.3, 0.4) is 0 Å². The monoisotopic (exact) mass is 238 g/mol. The molecule has 0 aliphatic heterocycles. The number of halogens is 1. The summed E-state index contributed by atoms with van der Waals surface area (Å²) in [6.07, 6.45) is 1.51. The van der Waals surface area contributed by atoms with Gasteiger partial charge in [0.25, 0.3) is 5.56 Å². The molecule has 0 unspecified atom stereocenters. The Morgan fingerprint density at radius 1 is 1.50 bits per heavy atom. The molecule has 1 aromatic heterocycles. The largest absolute Gasteiger partial charge is 0.383 e. The first kappa shape index (κ1) is 11.1. The van der Waals surface area contributed by atoms with E-state index in [1.165, 1.54) is 10.9 Å². The number of hydrogen-bond acceptors (Lipinski definition) is 3. The van der Waals surface area contributed by atoms with Crippen molar-refractivity contribution in [2.24, 2.45) is 0 Å². The van der Waals surface area contributed by atoms with Crippen LogP contribution in [0.4, 0.5) is 0 Å². The Hall–Kier alpha value is -1.39. The molecule has 0 radical (unpaired) electrons. The summed E-state index contributed by atoms with van der Waals surface area (Å²) in [5.41, 5.74) is 0.485. The molecule has 1 heterocycles. The average molecular weight is 239 g/mol. The van der Waals surface area contributed by atoms with E-state index in [2.05, 4.69) is 4.98 Å². The summed E-state index contributed by atoms with van der Waals surface area (Å²) in [7, 11) is 1.59. The van der Waals surface area contributed by atoms with Crippen molar-refractivity contribution in [2.75, 3.05) is 13.7 Å². The molecule has 16 heavy (non-hydrogen) atoms. The lowest BCUT2D eigenvalue weighted by atomic mass is 10.2. The second-order valence-electron chi connectivity index (χ2n) is 3.37. The molecule has 84 valence electrons. The molecule has 0 atom stereocenters. The molecule has 0 fully saturated rings. The predicted octanol–water partition coefficient (Wildman–Crippen LogP) is 1.70. The second-order valence-corrected chi connectivity index (χ2v) is 3.78. The number of aromatic nitrogens is 2. The van der Waals surface area contributed by atoms with Gasteiger partial charge in [0.15, 0.2) is 0 Å². The zero-order valence-electron chi connectivity index (χ0n) is 8.81. The summed E-state index contributed by atoms with van der Waals surface area (Å²) in [4.78, 5) is 16.2. The molecule has 0 saturated carbocycles. The van der Waals surface area contributed by atoms with E-state index in [0.29, 0.717) is 29.1 Å². The number of benzene rings is 1. The highest BCUT2D eigenvalue weighted by atomic mass is 35.5. The summed E-state index contributed by atoms with van der Waals surface area (Å²) in [6.45, 7) is 0.945. The summed E-state index contributed by atoms with van der Waals surface area (Å²) >= 11 is 5.98. The Balaban J connectivity index is 2.60. The number of nitrogens with zero attached hydrogens (tertiary/aromatic N) is 2. The maximum absolute atomic E-state index is 12.0. The quantitative estimate of drug-likeness (QED) is 0.818. The standard InChI is InChI=1S/C11H11ClN2O2/c1-16-6-5-14-7-13-9-4-2-3-8(12)10(9)11(14)15/h2-4,7H,5-6H2,1H3. The Morgan fingerprint density at radius 2 is 2.31 bits per heavy atom. The van der Waals surface area contributed by atoms with Crippen LogP contribution >= 0.6 is 11.6 Å². The van der Waals surface area contributed by atoms with Gasteiger partial charge in [0.05, 0.1) is 35.4 Å². The van der Waals surface area contributed by atoms with E-state index < -0.39 is 0 Å². The minimum Gasteiger partial charge on any atom is -0.383 e. The maximum Gasteiger partial charge on any atom is 0.262 e. The number of hydrogen-bond donors (Lipinski definition) is 0. The molecule has 0 aliphatic rings. The highest BCUT2D eigenvalue weighted by Gasteiger charge is 2.06. The summed E-state index contributed by atoms with van der Waals surface area (Å²) in [5.74, 6) is 0. The Kier molecular flexibility index (Phi) is 3.22. The SMILES string of the molecule is COCCn1cnc2cccc(Cl)c2c1=O. The topological polar surface area (TPSA) is 44.1 Å². The second kappa shape index (κ2) is 4.63. The third-order valence-corrected chi connectivity index (χ3v) is 2.65. The van der Waals surface area contributed by atoms with Crippen LogP contribution < -0.4 is 5.56 Å². The smallest absolute Gasteiger partial charge is 0.262 e. The van der Waals surface area contributed by atoms with E-state index in [1.807, 2.05) is 0 Å². The van der Waals surface area contributed by atoms with Crippen molar-refractivity contribution in [3.05, 3.63) is 39.9 Å². The fraction of sp³-hybridized carbons (Fsp3) is 0.273. The molecular weight excluding hydrogens is 228 g/mol. The normalized spacial score (nSPS) is 10.9. The Labute approximate surface area is 97.4 Å². The number of methoxy groups -OCH3 is 1. The first-order chi connectivity index (χ1) is 7.74. The fourth-order valence-corrected chi connectivity index (χ4v) is 1.76. The van der Waals surface area contributed by atoms with Crippen LogP contribution in [0.5, 0.6) is 0 Å². The Bertz CT molecular complexity index is 565. The first-order valence-electron chi connectivity index (χ1n) is 4.86. The van der Waals surface area contributed by atoms with Crippen LogP contribution in [0.25, 0.3) is 10.9 Å². The van der Waals surface area contributed by atoms with Crippen molar-refractivity contribution in [1.29, 1.82) is 0 Å². The van der Waals surface area contributed by atoms with Gasteiger partial charge in [-0.1, -0.05) is 17.7 Å². The lowest BCUT2D eigenvalue weighted by molar-refractivity contribution is 0.186. The molecule has 0 aliphatic carbocycles. The molecule has 0 amide bonds. The van der Waals surface area contributed by atoms with E-state index >= 15 is 0 Å². The van der Waals surface area contributed by atoms with E-state index in [-0.39, 0.29) is 5.56 Å². The van der Waals surface area contributed by atoms with Gasteiger partial charge in [0, 0.05) is 7.11 Å². The lowest BCUT2D eigenvalue weighted by Crippen LogP contribution is -2.22. The minimum atomic E-state index is -0.132. The predicted molar refractivity (Wildman–Crippen MR) is 62.9 cm³/mol. The lowest BCUT2D eigenvalue weighted by Gasteiger charge is -2.06. The fourth-order valence-electron chi connectivity index (χ4n) is 1.51. The molecular formula is C11H11ClN2O2. The van der Waals surface area contributed by atoms with E-state index in [0.717, 1.165) is 0 Å². The van der Waals surface area contributed by atoms with Crippen LogP contribution in [0.2, 0.25) is 5.02 Å². The molecule has 0 saturated heterocycles. The Morgan fingerprint density at radius 3 is 3.06 bits per heavy atom. The highest BCUT2D eigenvalue weighted by molar-refractivity contribution is 6.35. The van der Waals surface area contributed by atoms with E-state index in [9.17, 15) is 4.79 Å². The molecule has 0 N–H and O–H groups in total. The van der Waals surface area contributed by atoms with Crippen LogP contribution in [0.1, 0.15) is 0 Å². The van der Waals surface area contributed by atoms with Gasteiger partial charge in [0.1, 0.15) is 0 Å². The van der Waals surface area contributed by atoms with Gasteiger partial charge in [-0.2, -0.15) is 0 Å². The van der Waals surface area contributed by atoms with Crippen molar-refractivity contribution in [3.8, 4) is 0 Å². The number of ether oxygens (including phenoxy) is 1. The molecule has 2 rings (SSSR count). The van der Waals surface area contributed by atoms with Gasteiger partial charge < -0.3 is 4.74 Å². The van der Waals surface area contributed by atoms with Gasteiger partial charge in [-0.3, -0.25) is 9.36 Å². The van der Waals surface area contributed by atoms with Gasteiger partial charge in [-0.05, 0) is 12.1 Å². The van der Waals surface area contributed by atoms with Crippen molar-refractivity contribution < 1.29 is 4.74 Å². The van der Waals surface area contributed by atoms with Crippen molar-refractivity contribution in [2.45, 2.75) is 6.54 Å². The molecule has 1 aromatic carbocycles. The molecule has 5 heteroatoms. The van der Waals surface area contributed by atoms with Gasteiger partial charge in [-0.15, -0.1) is 0 Å². The van der Waals surface area contributed by atoms with Crippen molar-refractivity contribution in [3.63, 3.8) is 0 Å². The highest BCUT2D eigenvalue weighted by Crippen LogP contribution is 2.17. The molecule has 2 aromatic rings. The van der Waals surface area contributed by atoms with Crippen molar-refractivity contribution in [1.82, 2.24) is 9.55 Å². The number of fused-ring (bicyclic) bond motifs is 1. The van der Waals surface area contributed by atoms with Crippen LogP contribution in [0, 0.1) is 0 Å². The third kappa shape index (κ3) is 1.94. The summed E-state index contributed by atoms with van der Waals surface area (Å²) in [5, 5.41) is 0.893. The maximum atomic E-state index is 12.0. The zero-order valence-corrected chi connectivity index (χ0v) is 9.57. The molecule has 0 bridgehead atoms. The van der Waals surface area contributed by atoms with Crippen molar-refractivity contribution >= 4 is 22.5 Å². The first-order valence-corrected chi connectivity index (χ1v) is 5.24. The van der Waals surface area contributed by atoms with Crippen LogP contribution in [0.15, 0.2) is 29.3 Å². The van der Waals surface area contributed by atoms with E-state index in [4.69, 9.17) is 16.3 Å². The zero-order chi connectivity index (χ0) is 11.5. The van der Waals surface area contributed by atoms with Crippen LogP contribution in [-0.2, 0) is 11.3 Å². The number of rotatable bonds is 3. The average Bonchev–Trinajstić information content (AvgIpc) is 2.28. The molecule has 0 spiro atoms. The van der Waals surface area contributed by atoms with Gasteiger partial charge in [-0.25, -0.2) is 4.98 Å². The van der Waals surface area contributed by atoms with Crippen LogP contribution in [-0.4, -0.2) is 23.3 Å². The summed E-state index contributed by atoms with van der Waals surface area (Å²) < 4.78 is 6.42. The van der Waals surface area contributed by atoms with Gasteiger partial charge >= 0.3 is 0 Å². The third-order valence-electron chi connectivity index (χ3n) is 2.34. The van der Waals surface area contributed by atoms with Gasteiger partial charge in [0.2, 0.25) is 0 Å².